The fourth-order valence-corrected chi connectivity index (χ4v) is 8.24. The van der Waals surface area contributed by atoms with Gasteiger partial charge >= 0.3 is 0 Å². The molecule has 0 saturated carbocycles. The lowest BCUT2D eigenvalue weighted by molar-refractivity contribution is 0.623. The molecule has 1 aliphatic carbocycles. The highest BCUT2D eigenvalue weighted by atomic mass is 16.3. The molecular formula is C50H36N2O. The van der Waals surface area contributed by atoms with E-state index in [0.717, 1.165) is 55.6 Å². The van der Waals surface area contributed by atoms with Crippen molar-refractivity contribution in [2.24, 2.45) is 0 Å². The summed E-state index contributed by atoms with van der Waals surface area (Å²) in [5.41, 5.74) is 15.7. The monoisotopic (exact) mass is 680 g/mol. The number of aromatic nitrogens is 1. The Labute approximate surface area is 309 Å². The van der Waals surface area contributed by atoms with Crippen LogP contribution in [-0.2, 0) is 5.41 Å². The number of hydrogen-bond acceptors (Lipinski definition) is 3. The first-order valence-electron chi connectivity index (χ1n) is 18.2. The van der Waals surface area contributed by atoms with Gasteiger partial charge in [-0.3, -0.25) is 0 Å². The van der Waals surface area contributed by atoms with Gasteiger partial charge in [-0.2, -0.15) is 0 Å². The zero-order valence-electron chi connectivity index (χ0n) is 29.6. The minimum absolute atomic E-state index is 0.117. The van der Waals surface area contributed by atoms with Crippen molar-refractivity contribution in [1.29, 1.82) is 0 Å². The molecule has 1 heterocycles. The Bertz CT molecular complexity index is 2800. The maximum Gasteiger partial charge on any atom is 0.227 e. The fourth-order valence-electron chi connectivity index (χ4n) is 8.24. The number of rotatable bonds is 6. The van der Waals surface area contributed by atoms with Crippen LogP contribution in [0.1, 0.15) is 25.0 Å². The molecule has 0 atom stereocenters. The van der Waals surface area contributed by atoms with Gasteiger partial charge in [0.05, 0.1) is 5.69 Å². The summed E-state index contributed by atoms with van der Waals surface area (Å²) in [4.78, 5) is 7.50. The first-order chi connectivity index (χ1) is 26.0. The van der Waals surface area contributed by atoms with Crippen LogP contribution in [0.25, 0.3) is 66.7 Å². The van der Waals surface area contributed by atoms with Gasteiger partial charge in [0.2, 0.25) is 5.89 Å². The maximum absolute atomic E-state index is 6.52. The van der Waals surface area contributed by atoms with E-state index in [2.05, 4.69) is 170 Å². The molecule has 0 radical (unpaired) electrons. The van der Waals surface area contributed by atoms with E-state index in [-0.39, 0.29) is 5.41 Å². The molecule has 1 aromatic heterocycles. The van der Waals surface area contributed by atoms with E-state index >= 15 is 0 Å². The van der Waals surface area contributed by atoms with Crippen LogP contribution in [0, 0.1) is 0 Å². The highest BCUT2D eigenvalue weighted by molar-refractivity contribution is 6.10. The molecule has 0 N–H and O–H groups in total. The highest BCUT2D eigenvalue weighted by Gasteiger charge is 2.36. The largest absolute Gasteiger partial charge is 0.435 e. The predicted octanol–water partition coefficient (Wildman–Crippen LogP) is 13.8. The Morgan fingerprint density at radius 3 is 1.87 bits per heavy atom. The lowest BCUT2D eigenvalue weighted by Crippen LogP contribution is -2.16. The normalized spacial score (nSPS) is 12.9. The maximum atomic E-state index is 6.52. The first kappa shape index (κ1) is 31.1. The number of hydrogen-bond donors (Lipinski definition) is 0. The van der Waals surface area contributed by atoms with Crippen molar-refractivity contribution < 1.29 is 4.42 Å². The van der Waals surface area contributed by atoms with Gasteiger partial charge in [0.25, 0.3) is 0 Å². The van der Waals surface area contributed by atoms with Crippen molar-refractivity contribution >= 4 is 38.9 Å². The van der Waals surface area contributed by atoms with Crippen molar-refractivity contribution in [3.8, 4) is 44.8 Å². The van der Waals surface area contributed by atoms with E-state index in [9.17, 15) is 0 Å². The van der Waals surface area contributed by atoms with Gasteiger partial charge in [0, 0.05) is 38.9 Å². The minimum atomic E-state index is -0.117. The van der Waals surface area contributed by atoms with Gasteiger partial charge in [-0.25, -0.2) is 4.98 Å². The smallest absolute Gasteiger partial charge is 0.227 e. The Balaban J connectivity index is 1.14. The second kappa shape index (κ2) is 12.2. The molecule has 10 rings (SSSR count). The summed E-state index contributed by atoms with van der Waals surface area (Å²) in [6.07, 6.45) is 0. The summed E-state index contributed by atoms with van der Waals surface area (Å²) in [5, 5.41) is 2.18. The molecule has 8 aromatic carbocycles. The predicted molar refractivity (Wildman–Crippen MR) is 220 cm³/mol. The highest BCUT2D eigenvalue weighted by Crippen LogP contribution is 2.51. The van der Waals surface area contributed by atoms with Crippen LogP contribution in [0.5, 0.6) is 0 Å². The van der Waals surface area contributed by atoms with Gasteiger partial charge < -0.3 is 9.32 Å². The van der Waals surface area contributed by atoms with Crippen LogP contribution >= 0.6 is 0 Å². The molecule has 0 unspecified atom stereocenters. The molecule has 0 spiro atoms. The third kappa shape index (κ3) is 5.08. The van der Waals surface area contributed by atoms with Crippen LogP contribution in [0.2, 0.25) is 0 Å². The summed E-state index contributed by atoms with van der Waals surface area (Å²) >= 11 is 0. The molecule has 53 heavy (non-hydrogen) atoms. The molecule has 9 aromatic rings. The number of fused-ring (bicyclic) bond motifs is 6. The van der Waals surface area contributed by atoms with Crippen molar-refractivity contribution in [2.45, 2.75) is 19.3 Å². The van der Waals surface area contributed by atoms with Crippen LogP contribution in [0.15, 0.2) is 186 Å². The summed E-state index contributed by atoms with van der Waals surface area (Å²) in [6, 6.07) is 64.9. The van der Waals surface area contributed by atoms with Crippen molar-refractivity contribution in [3.05, 3.63) is 193 Å². The summed E-state index contributed by atoms with van der Waals surface area (Å²) in [5.74, 6) is 0.625. The molecule has 3 nitrogen and oxygen atoms in total. The number of oxazole rings is 1. The Morgan fingerprint density at radius 1 is 0.472 bits per heavy atom. The molecule has 0 amide bonds. The van der Waals surface area contributed by atoms with Gasteiger partial charge in [0.15, 0.2) is 5.58 Å². The SMILES string of the molecule is CC1(C)c2ccccc2-c2ccc(N(c3ccc(-c4cc5ccccc5c5oc(-c6ccccc6)nc45)cc3)c3ccccc3-c3ccccc3)cc21. The molecular weight excluding hydrogens is 645 g/mol. The number of anilines is 3. The van der Waals surface area contributed by atoms with Crippen LogP contribution in [0.3, 0.4) is 0 Å². The zero-order valence-corrected chi connectivity index (χ0v) is 29.6. The van der Waals surface area contributed by atoms with E-state index in [1.807, 2.05) is 30.3 Å². The first-order valence-corrected chi connectivity index (χ1v) is 18.2. The van der Waals surface area contributed by atoms with E-state index in [0.29, 0.717) is 5.89 Å². The van der Waals surface area contributed by atoms with E-state index in [1.165, 1.54) is 33.4 Å². The van der Waals surface area contributed by atoms with Gasteiger partial charge in [-0.1, -0.05) is 147 Å². The average Bonchev–Trinajstić information content (AvgIpc) is 3.77. The average molecular weight is 681 g/mol. The second-order valence-electron chi connectivity index (χ2n) is 14.4. The van der Waals surface area contributed by atoms with Crippen molar-refractivity contribution in [2.75, 3.05) is 4.90 Å². The molecule has 1 aliphatic rings. The molecule has 0 saturated heterocycles. The summed E-state index contributed by atoms with van der Waals surface area (Å²) in [6.45, 7) is 4.69. The number of para-hydroxylation sites is 1. The third-order valence-electron chi connectivity index (χ3n) is 10.9. The lowest BCUT2D eigenvalue weighted by Gasteiger charge is -2.30. The van der Waals surface area contributed by atoms with Crippen LogP contribution in [0.4, 0.5) is 17.1 Å². The Kier molecular flexibility index (Phi) is 7.16. The summed E-state index contributed by atoms with van der Waals surface area (Å²) < 4.78 is 6.52. The zero-order chi connectivity index (χ0) is 35.5. The topological polar surface area (TPSA) is 29.3 Å². The third-order valence-corrected chi connectivity index (χ3v) is 10.9. The van der Waals surface area contributed by atoms with Gasteiger partial charge in [-0.15, -0.1) is 0 Å². The van der Waals surface area contributed by atoms with Crippen LogP contribution in [-0.4, -0.2) is 4.98 Å². The number of benzene rings is 8. The number of nitrogens with zero attached hydrogens (tertiary/aromatic N) is 2. The van der Waals surface area contributed by atoms with Crippen molar-refractivity contribution in [1.82, 2.24) is 4.98 Å². The Morgan fingerprint density at radius 2 is 1.08 bits per heavy atom. The molecule has 252 valence electrons. The molecule has 0 bridgehead atoms. The second-order valence-corrected chi connectivity index (χ2v) is 14.4. The molecule has 3 heteroatoms. The lowest BCUT2D eigenvalue weighted by atomic mass is 9.82. The van der Waals surface area contributed by atoms with Crippen LogP contribution < -0.4 is 4.90 Å². The molecule has 0 aliphatic heterocycles. The van der Waals surface area contributed by atoms with Gasteiger partial charge in [-0.05, 0) is 87.3 Å². The molecule has 0 fully saturated rings. The minimum Gasteiger partial charge on any atom is -0.435 e. The van der Waals surface area contributed by atoms with E-state index in [1.54, 1.807) is 0 Å². The van der Waals surface area contributed by atoms with Crippen molar-refractivity contribution in [3.63, 3.8) is 0 Å². The standard InChI is InChI=1S/C50H36N2O/c1-50(2)44-23-13-11-22-41(44)42-30-29-38(32-45(42)50)52(46-24-14-12-20-39(46)33-15-5-3-6-16-33)37-27-25-34(26-28-37)43-31-36-19-9-10-21-40(36)48-47(43)51-49(53-48)35-17-7-4-8-18-35/h3-32H,1-2H3. The van der Waals surface area contributed by atoms with E-state index in [4.69, 9.17) is 9.40 Å². The quantitative estimate of drug-likeness (QED) is 0.175. The summed E-state index contributed by atoms with van der Waals surface area (Å²) in [7, 11) is 0. The fraction of sp³-hybridized carbons (Fsp3) is 0.0600. The van der Waals surface area contributed by atoms with E-state index < -0.39 is 0 Å². The Hall–Kier alpha value is -6.71. The van der Waals surface area contributed by atoms with Gasteiger partial charge in [0.1, 0.15) is 5.52 Å².